The molecule has 0 saturated carbocycles. The van der Waals surface area contributed by atoms with Crippen molar-refractivity contribution in [2.45, 2.75) is 19.4 Å². The Morgan fingerprint density at radius 3 is 2.45 bits per heavy atom. The number of nitrogens with two attached hydrogens (primary N) is 1. The molecule has 0 aliphatic carbocycles. The van der Waals surface area contributed by atoms with E-state index in [9.17, 15) is 9.65 Å². The fourth-order valence-corrected chi connectivity index (χ4v) is 5.42. The van der Waals surface area contributed by atoms with Gasteiger partial charge in [-0.2, -0.15) is 5.26 Å². The molecule has 1 aliphatic heterocycles. The molecular weight excluding hydrogens is 501 g/mol. The summed E-state index contributed by atoms with van der Waals surface area (Å²) in [5, 5.41) is 10.4. The monoisotopic (exact) mass is 525 g/mol. The maximum Gasteiger partial charge on any atom is 0.225 e. The fraction of sp³-hybridized carbons (Fsp3) is 0.222. The minimum Gasteiger partial charge on any atom is -0.338 e. The van der Waals surface area contributed by atoms with E-state index in [2.05, 4.69) is 27.9 Å². The van der Waals surface area contributed by atoms with Gasteiger partial charge in [0, 0.05) is 61.5 Å². The van der Waals surface area contributed by atoms with Gasteiger partial charge >= 0.3 is 0 Å². The third-order valence-corrected chi connectivity index (χ3v) is 7.64. The molecule has 0 bridgehead atoms. The molecule has 0 amide bonds. The molecule has 1 saturated heterocycles. The Morgan fingerprint density at radius 1 is 1.08 bits per heavy atom. The number of fused-ring (bicyclic) bond motifs is 1. The number of pyridine rings is 1. The predicted octanol–water partition coefficient (Wildman–Crippen LogP) is 4.40. The standard InChI is InChI=1S/C27H24FN9S/c1-3-21-25(35(2)27-34-24(22(10-29)38-27)16-4-7-19(28)8-5-16)37-13-17(6-9-23(37)33-21)18-11-31-26(32-12-18)36-14-20(30)15-36/h4-9,11-13,20H,3,14-15,30H2,1-2H3. The SMILES string of the molecule is CCc1nc2ccc(-c3cnc(N4CC(N)C4)nc3)cn2c1N(C)c1nc(-c2ccc(F)cc2)c(C#N)s1. The molecule has 4 aromatic heterocycles. The van der Waals surface area contributed by atoms with E-state index in [4.69, 9.17) is 15.7 Å². The van der Waals surface area contributed by atoms with Crippen LogP contribution in [0.1, 0.15) is 17.5 Å². The van der Waals surface area contributed by atoms with Gasteiger partial charge in [0.15, 0.2) is 5.13 Å². The molecule has 6 rings (SSSR count). The van der Waals surface area contributed by atoms with Crippen molar-refractivity contribution in [1.82, 2.24) is 24.3 Å². The zero-order valence-corrected chi connectivity index (χ0v) is 21.7. The predicted molar refractivity (Wildman–Crippen MR) is 146 cm³/mol. The van der Waals surface area contributed by atoms with Crippen molar-refractivity contribution in [3.63, 3.8) is 0 Å². The van der Waals surface area contributed by atoms with Crippen molar-refractivity contribution in [2.24, 2.45) is 5.73 Å². The zero-order chi connectivity index (χ0) is 26.4. The van der Waals surface area contributed by atoms with Crippen molar-refractivity contribution in [2.75, 3.05) is 29.9 Å². The summed E-state index contributed by atoms with van der Waals surface area (Å²) in [6.07, 6.45) is 6.38. The Labute approximate surface area is 222 Å². The Balaban J connectivity index is 1.38. The first-order chi connectivity index (χ1) is 18.4. The molecule has 11 heteroatoms. The number of hydrogen-bond acceptors (Lipinski definition) is 9. The van der Waals surface area contributed by atoms with E-state index in [0.717, 1.165) is 41.4 Å². The molecule has 0 radical (unpaired) electrons. The average Bonchev–Trinajstić information content (AvgIpc) is 3.53. The normalized spacial score (nSPS) is 13.5. The van der Waals surface area contributed by atoms with Crippen LogP contribution in [0.15, 0.2) is 55.0 Å². The van der Waals surface area contributed by atoms with E-state index in [1.165, 1.54) is 23.5 Å². The largest absolute Gasteiger partial charge is 0.338 e. The number of halogens is 1. The molecule has 5 aromatic rings. The first kappa shape index (κ1) is 24.0. The number of rotatable bonds is 6. The van der Waals surface area contributed by atoms with Crippen LogP contribution in [0.3, 0.4) is 0 Å². The maximum atomic E-state index is 13.5. The van der Waals surface area contributed by atoms with Crippen LogP contribution in [0.25, 0.3) is 28.0 Å². The lowest BCUT2D eigenvalue weighted by molar-refractivity contribution is 0.509. The number of hydrogen-bond donors (Lipinski definition) is 1. The fourth-order valence-electron chi connectivity index (χ4n) is 4.58. The minimum atomic E-state index is -0.335. The van der Waals surface area contributed by atoms with Gasteiger partial charge in [0.1, 0.15) is 33.9 Å². The average molecular weight is 526 g/mol. The van der Waals surface area contributed by atoms with E-state index < -0.39 is 0 Å². The summed E-state index contributed by atoms with van der Waals surface area (Å²) in [5.74, 6) is 1.21. The van der Waals surface area contributed by atoms with Crippen molar-refractivity contribution in [3.05, 3.63) is 71.4 Å². The number of imidazole rings is 1. The summed E-state index contributed by atoms with van der Waals surface area (Å²) in [6.45, 7) is 3.59. The minimum absolute atomic E-state index is 0.180. The summed E-state index contributed by atoms with van der Waals surface area (Å²) >= 11 is 1.29. The Bertz CT molecular complexity index is 1660. The molecule has 0 spiro atoms. The molecule has 1 fully saturated rings. The lowest BCUT2D eigenvalue weighted by Gasteiger charge is -2.36. The van der Waals surface area contributed by atoms with E-state index >= 15 is 0 Å². The van der Waals surface area contributed by atoms with Gasteiger partial charge in [0.05, 0.1) is 5.69 Å². The molecule has 5 heterocycles. The summed E-state index contributed by atoms with van der Waals surface area (Å²) in [6, 6.07) is 12.4. The first-order valence-corrected chi connectivity index (χ1v) is 13.0. The van der Waals surface area contributed by atoms with Crippen molar-refractivity contribution < 1.29 is 4.39 Å². The van der Waals surface area contributed by atoms with Crippen LogP contribution >= 0.6 is 11.3 Å². The maximum absolute atomic E-state index is 13.5. The summed E-state index contributed by atoms with van der Waals surface area (Å²) in [4.78, 5) is 23.1. The van der Waals surface area contributed by atoms with E-state index in [1.807, 2.05) is 47.1 Å². The molecule has 1 aromatic carbocycles. The van der Waals surface area contributed by atoms with Crippen LogP contribution < -0.4 is 15.5 Å². The van der Waals surface area contributed by atoms with Crippen LogP contribution in [-0.2, 0) is 6.42 Å². The molecule has 0 atom stereocenters. The summed E-state index contributed by atoms with van der Waals surface area (Å²) in [7, 11) is 1.92. The Hall–Kier alpha value is -4.40. The topological polar surface area (TPSA) is 112 Å². The van der Waals surface area contributed by atoms with E-state index in [1.54, 1.807) is 12.1 Å². The summed E-state index contributed by atoms with van der Waals surface area (Å²) in [5.41, 5.74) is 10.7. The highest BCUT2D eigenvalue weighted by atomic mass is 32.1. The highest BCUT2D eigenvalue weighted by Crippen LogP contribution is 2.37. The van der Waals surface area contributed by atoms with Crippen molar-refractivity contribution >= 4 is 33.9 Å². The zero-order valence-electron chi connectivity index (χ0n) is 20.8. The van der Waals surface area contributed by atoms with Gasteiger partial charge in [-0.1, -0.05) is 18.3 Å². The van der Waals surface area contributed by atoms with Crippen LogP contribution in [0.4, 0.5) is 21.3 Å². The van der Waals surface area contributed by atoms with Gasteiger partial charge in [0.25, 0.3) is 0 Å². The number of thiazole rings is 1. The van der Waals surface area contributed by atoms with Gasteiger partial charge in [-0.25, -0.2) is 24.3 Å². The third kappa shape index (κ3) is 4.13. The van der Waals surface area contributed by atoms with Crippen LogP contribution in [-0.4, -0.2) is 50.5 Å². The van der Waals surface area contributed by atoms with E-state index in [0.29, 0.717) is 33.6 Å². The molecule has 2 N–H and O–H groups in total. The number of benzene rings is 1. The number of anilines is 3. The second-order valence-corrected chi connectivity index (χ2v) is 10.1. The second-order valence-electron chi connectivity index (χ2n) is 9.17. The molecular formula is C27H24FN9S. The number of aryl methyl sites for hydroxylation is 1. The molecule has 9 nitrogen and oxygen atoms in total. The smallest absolute Gasteiger partial charge is 0.225 e. The molecule has 38 heavy (non-hydrogen) atoms. The number of nitriles is 1. The van der Waals surface area contributed by atoms with E-state index in [-0.39, 0.29) is 11.9 Å². The van der Waals surface area contributed by atoms with Crippen molar-refractivity contribution in [3.8, 4) is 28.5 Å². The van der Waals surface area contributed by atoms with Gasteiger partial charge in [-0.3, -0.25) is 4.40 Å². The Kier molecular flexibility index (Phi) is 5.98. The lowest BCUT2D eigenvalue weighted by atomic mass is 10.1. The quantitative estimate of drug-likeness (QED) is 0.347. The number of nitrogens with zero attached hydrogens (tertiary/aromatic N) is 8. The van der Waals surface area contributed by atoms with Crippen LogP contribution in [0, 0.1) is 17.1 Å². The van der Waals surface area contributed by atoms with Crippen molar-refractivity contribution in [1.29, 1.82) is 5.26 Å². The van der Waals surface area contributed by atoms with Crippen LogP contribution in [0.5, 0.6) is 0 Å². The van der Waals surface area contributed by atoms with Gasteiger partial charge < -0.3 is 15.5 Å². The highest BCUT2D eigenvalue weighted by molar-refractivity contribution is 7.16. The Morgan fingerprint density at radius 2 is 1.79 bits per heavy atom. The van der Waals surface area contributed by atoms with Gasteiger partial charge in [-0.05, 0) is 42.8 Å². The first-order valence-electron chi connectivity index (χ1n) is 12.2. The molecule has 1 aliphatic rings. The number of aromatic nitrogens is 5. The third-order valence-electron chi connectivity index (χ3n) is 6.60. The van der Waals surface area contributed by atoms with Crippen LogP contribution in [0.2, 0.25) is 0 Å². The lowest BCUT2D eigenvalue weighted by Crippen LogP contribution is -2.56. The molecule has 190 valence electrons. The molecule has 0 unspecified atom stereocenters. The highest BCUT2D eigenvalue weighted by Gasteiger charge is 2.25. The summed E-state index contributed by atoms with van der Waals surface area (Å²) < 4.78 is 15.5. The van der Waals surface area contributed by atoms with Gasteiger partial charge in [0.2, 0.25) is 5.95 Å². The second kappa shape index (κ2) is 9.48. The van der Waals surface area contributed by atoms with Gasteiger partial charge in [-0.15, -0.1) is 0 Å².